The van der Waals surface area contributed by atoms with Crippen LogP contribution in [0.4, 0.5) is 0 Å². The largest absolute Gasteiger partial charge is 0.481 e. The highest BCUT2D eigenvalue weighted by molar-refractivity contribution is 7.89. The number of carboxylic acids is 1. The maximum absolute atomic E-state index is 12.1. The van der Waals surface area contributed by atoms with E-state index in [2.05, 4.69) is 4.72 Å². The van der Waals surface area contributed by atoms with Crippen molar-refractivity contribution in [1.29, 1.82) is 0 Å². The Labute approximate surface area is 119 Å². The lowest BCUT2D eigenvalue weighted by Crippen LogP contribution is -2.33. The van der Waals surface area contributed by atoms with E-state index in [-0.39, 0.29) is 17.4 Å². The van der Waals surface area contributed by atoms with Crippen LogP contribution in [0.1, 0.15) is 31.8 Å². The zero-order chi connectivity index (χ0) is 15.5. The number of hydrogen-bond donors (Lipinski definition) is 2. The number of carboxylic acid groups (broad SMARTS) is 1. The Kier molecular flexibility index (Phi) is 5.35. The summed E-state index contributed by atoms with van der Waals surface area (Å²) in [4.78, 5) is 11.2. The number of rotatable bonds is 7. The normalized spacial score (nSPS) is 13.7. The molecule has 0 saturated heterocycles. The van der Waals surface area contributed by atoms with E-state index < -0.39 is 21.9 Å². The lowest BCUT2D eigenvalue weighted by molar-refractivity contribution is -0.142. The van der Waals surface area contributed by atoms with Gasteiger partial charge < -0.3 is 9.52 Å². The lowest BCUT2D eigenvalue weighted by Gasteiger charge is -2.15. The molecule has 0 spiro atoms. The van der Waals surface area contributed by atoms with Gasteiger partial charge in [-0.05, 0) is 32.3 Å². The molecule has 1 atom stereocenters. The topological polar surface area (TPSA) is 96.6 Å². The van der Waals surface area contributed by atoms with Gasteiger partial charge in [-0.25, -0.2) is 13.1 Å². The number of nitrogens with one attached hydrogen (secondary N) is 1. The third-order valence-corrected chi connectivity index (χ3v) is 4.44. The molecule has 0 aromatic carbocycles. The van der Waals surface area contributed by atoms with Gasteiger partial charge in [-0.1, -0.05) is 13.8 Å². The monoisotopic (exact) mass is 303 g/mol. The van der Waals surface area contributed by atoms with Gasteiger partial charge in [0, 0.05) is 6.54 Å². The van der Waals surface area contributed by atoms with Gasteiger partial charge in [0.2, 0.25) is 10.0 Å². The van der Waals surface area contributed by atoms with Crippen molar-refractivity contribution in [2.24, 2.45) is 11.8 Å². The number of aliphatic carboxylic acids is 1. The molecule has 20 heavy (non-hydrogen) atoms. The first-order chi connectivity index (χ1) is 9.13. The molecule has 7 heteroatoms. The van der Waals surface area contributed by atoms with Crippen LogP contribution in [0, 0.1) is 25.7 Å². The molecule has 0 radical (unpaired) electrons. The highest BCUT2D eigenvalue weighted by Gasteiger charge is 2.25. The highest BCUT2D eigenvalue weighted by atomic mass is 32.2. The van der Waals surface area contributed by atoms with Gasteiger partial charge in [0.25, 0.3) is 0 Å². The quantitative estimate of drug-likeness (QED) is 0.802. The SMILES string of the molecule is Cc1cc(S(=O)(=O)NCC(CC(C)C)C(=O)O)c(C)o1. The minimum absolute atomic E-state index is 0.0590. The molecule has 1 unspecified atom stereocenters. The van der Waals surface area contributed by atoms with Crippen LogP contribution in [-0.4, -0.2) is 26.0 Å². The van der Waals surface area contributed by atoms with E-state index in [9.17, 15) is 13.2 Å². The number of furan rings is 1. The molecule has 1 aromatic rings. The van der Waals surface area contributed by atoms with Crippen molar-refractivity contribution in [3.63, 3.8) is 0 Å². The molecule has 6 nitrogen and oxygen atoms in total. The Balaban J connectivity index is 2.81. The zero-order valence-corrected chi connectivity index (χ0v) is 13.0. The highest BCUT2D eigenvalue weighted by Crippen LogP contribution is 2.20. The Morgan fingerprint density at radius 3 is 2.40 bits per heavy atom. The molecule has 0 amide bonds. The summed E-state index contributed by atoms with van der Waals surface area (Å²) in [5.41, 5.74) is 0. The predicted molar refractivity (Wildman–Crippen MR) is 74.0 cm³/mol. The summed E-state index contributed by atoms with van der Waals surface area (Å²) in [5.74, 6) is -0.761. The zero-order valence-electron chi connectivity index (χ0n) is 12.1. The maximum Gasteiger partial charge on any atom is 0.307 e. The van der Waals surface area contributed by atoms with Crippen LogP contribution in [0.3, 0.4) is 0 Å². The number of carbonyl (C=O) groups is 1. The first kappa shape index (κ1) is 16.7. The second-order valence-corrected chi connectivity index (χ2v) is 7.03. The van der Waals surface area contributed by atoms with Crippen LogP contribution in [0.25, 0.3) is 0 Å². The van der Waals surface area contributed by atoms with Gasteiger partial charge in [0.15, 0.2) is 0 Å². The summed E-state index contributed by atoms with van der Waals surface area (Å²) in [5, 5.41) is 9.09. The molecular formula is C13H21NO5S. The Morgan fingerprint density at radius 1 is 1.40 bits per heavy atom. The van der Waals surface area contributed by atoms with E-state index in [1.165, 1.54) is 6.07 Å². The van der Waals surface area contributed by atoms with Crippen molar-refractivity contribution in [2.75, 3.05) is 6.54 Å². The minimum atomic E-state index is -3.74. The Morgan fingerprint density at radius 2 is 2.00 bits per heavy atom. The second-order valence-electron chi connectivity index (χ2n) is 5.29. The van der Waals surface area contributed by atoms with Crippen LogP contribution in [-0.2, 0) is 14.8 Å². The van der Waals surface area contributed by atoms with Crippen LogP contribution in [0.15, 0.2) is 15.4 Å². The molecule has 2 N–H and O–H groups in total. The van der Waals surface area contributed by atoms with Gasteiger partial charge in [-0.15, -0.1) is 0 Å². The Hall–Kier alpha value is -1.34. The third-order valence-electron chi connectivity index (χ3n) is 2.91. The van der Waals surface area contributed by atoms with Crippen LogP contribution in [0.5, 0.6) is 0 Å². The van der Waals surface area contributed by atoms with Crippen LogP contribution in [0.2, 0.25) is 0 Å². The van der Waals surface area contributed by atoms with E-state index in [1.807, 2.05) is 13.8 Å². The maximum atomic E-state index is 12.1. The third kappa shape index (κ3) is 4.35. The van der Waals surface area contributed by atoms with Gasteiger partial charge in [-0.3, -0.25) is 4.79 Å². The summed E-state index contributed by atoms with van der Waals surface area (Å²) in [6.45, 7) is 6.89. The van der Waals surface area contributed by atoms with Gasteiger partial charge in [0.05, 0.1) is 5.92 Å². The summed E-state index contributed by atoms with van der Waals surface area (Å²) in [7, 11) is -3.74. The summed E-state index contributed by atoms with van der Waals surface area (Å²) in [6.07, 6.45) is 0.418. The molecular weight excluding hydrogens is 282 g/mol. The molecule has 0 aliphatic heterocycles. The number of sulfonamides is 1. The van der Waals surface area contributed by atoms with Crippen molar-refractivity contribution in [1.82, 2.24) is 4.72 Å². The van der Waals surface area contributed by atoms with E-state index in [1.54, 1.807) is 13.8 Å². The lowest BCUT2D eigenvalue weighted by atomic mass is 9.98. The van der Waals surface area contributed by atoms with E-state index in [0.29, 0.717) is 17.9 Å². The predicted octanol–water partition coefficient (Wildman–Crippen LogP) is 1.92. The number of aryl methyl sites for hydroxylation is 2. The van der Waals surface area contributed by atoms with Crippen molar-refractivity contribution >= 4 is 16.0 Å². The van der Waals surface area contributed by atoms with E-state index in [0.717, 1.165) is 0 Å². The van der Waals surface area contributed by atoms with Gasteiger partial charge in [-0.2, -0.15) is 0 Å². The fourth-order valence-corrected chi connectivity index (χ4v) is 3.32. The second kappa shape index (κ2) is 6.41. The smallest absolute Gasteiger partial charge is 0.307 e. The summed E-state index contributed by atoms with van der Waals surface area (Å²) >= 11 is 0. The molecule has 0 aliphatic rings. The first-order valence-electron chi connectivity index (χ1n) is 6.43. The van der Waals surface area contributed by atoms with Crippen molar-refractivity contribution in [2.45, 2.75) is 39.0 Å². The molecule has 0 aliphatic carbocycles. The number of hydrogen-bond acceptors (Lipinski definition) is 4. The molecule has 0 saturated carbocycles. The fraction of sp³-hybridized carbons (Fsp3) is 0.615. The van der Waals surface area contributed by atoms with Crippen LogP contribution < -0.4 is 4.72 Å². The molecule has 114 valence electrons. The fourth-order valence-electron chi connectivity index (χ4n) is 2.00. The molecule has 0 fully saturated rings. The summed E-state index contributed by atoms with van der Waals surface area (Å²) in [6, 6.07) is 1.43. The van der Waals surface area contributed by atoms with Gasteiger partial charge >= 0.3 is 5.97 Å². The molecule has 1 aromatic heterocycles. The minimum Gasteiger partial charge on any atom is -0.481 e. The van der Waals surface area contributed by atoms with Crippen molar-refractivity contribution in [3.8, 4) is 0 Å². The average molecular weight is 303 g/mol. The Bertz CT molecular complexity index is 574. The molecule has 1 heterocycles. The standard InChI is InChI=1S/C13H21NO5S/c1-8(2)5-11(13(15)16)7-14-20(17,18)12-6-9(3)19-10(12)4/h6,8,11,14H,5,7H2,1-4H3,(H,15,16). The molecule has 1 rings (SSSR count). The van der Waals surface area contributed by atoms with Crippen molar-refractivity contribution < 1.29 is 22.7 Å². The van der Waals surface area contributed by atoms with Crippen LogP contribution >= 0.6 is 0 Å². The van der Waals surface area contributed by atoms with Crippen molar-refractivity contribution in [3.05, 3.63) is 17.6 Å². The van der Waals surface area contributed by atoms with Gasteiger partial charge in [0.1, 0.15) is 16.4 Å². The van der Waals surface area contributed by atoms with E-state index >= 15 is 0 Å². The average Bonchev–Trinajstić information content (AvgIpc) is 2.63. The molecule has 0 bridgehead atoms. The summed E-state index contributed by atoms with van der Waals surface area (Å²) < 4.78 is 31.8. The first-order valence-corrected chi connectivity index (χ1v) is 7.91. The van der Waals surface area contributed by atoms with E-state index in [4.69, 9.17) is 9.52 Å².